The molecule has 0 spiro atoms. The van der Waals surface area contributed by atoms with Crippen molar-refractivity contribution in [3.05, 3.63) is 59.2 Å². The molecule has 0 fully saturated rings. The minimum atomic E-state index is -3.65. The molecule has 8 heteroatoms. The molecular weight excluding hydrogens is 426 g/mol. The fourth-order valence-electron chi connectivity index (χ4n) is 3.25. The van der Waals surface area contributed by atoms with Crippen LogP contribution in [0.2, 0.25) is 0 Å². The number of anilines is 1. The van der Waals surface area contributed by atoms with Crippen molar-refractivity contribution < 1.29 is 18.0 Å². The number of carbonyl (C=O) groups excluding carboxylic acids is 2. The summed E-state index contributed by atoms with van der Waals surface area (Å²) in [5, 5.41) is 5.25. The smallest absolute Gasteiger partial charge is 0.251 e. The van der Waals surface area contributed by atoms with Crippen LogP contribution in [0.15, 0.2) is 47.4 Å². The van der Waals surface area contributed by atoms with E-state index >= 15 is 0 Å². The van der Waals surface area contributed by atoms with Crippen molar-refractivity contribution in [2.45, 2.75) is 51.9 Å². The number of hydrogen-bond acceptors (Lipinski definition) is 4. The summed E-state index contributed by atoms with van der Waals surface area (Å²) in [6.45, 7) is 12.0. The average Bonchev–Trinajstić information content (AvgIpc) is 2.73. The van der Waals surface area contributed by atoms with Gasteiger partial charge in [-0.2, -0.15) is 4.31 Å². The highest BCUT2D eigenvalue weighted by Gasteiger charge is 2.24. The van der Waals surface area contributed by atoms with E-state index in [0.717, 1.165) is 5.56 Å². The third-order valence-electron chi connectivity index (χ3n) is 5.22. The van der Waals surface area contributed by atoms with Crippen LogP contribution in [-0.2, 0) is 20.2 Å². The lowest BCUT2D eigenvalue weighted by atomic mass is 9.87. The number of hydrogen-bond donors (Lipinski definition) is 2. The quantitative estimate of drug-likeness (QED) is 0.629. The van der Waals surface area contributed by atoms with Gasteiger partial charge in [-0.1, -0.05) is 52.8 Å². The SMILES string of the molecule is CCN(CC)S(=O)(=O)c1cc(NC(=O)CNC(=O)c2ccc(C(C)(C)C)cc2)ccc1C. The molecule has 2 amide bonds. The van der Waals surface area contributed by atoms with Crippen LogP contribution in [0.1, 0.15) is 56.1 Å². The largest absolute Gasteiger partial charge is 0.343 e. The van der Waals surface area contributed by atoms with Gasteiger partial charge in [0.25, 0.3) is 5.91 Å². The first-order valence-corrected chi connectivity index (χ1v) is 12.1. The Morgan fingerprint density at radius 1 is 0.969 bits per heavy atom. The lowest BCUT2D eigenvalue weighted by Gasteiger charge is -2.20. The number of amides is 2. The number of rotatable bonds is 8. The predicted molar refractivity (Wildman–Crippen MR) is 127 cm³/mol. The van der Waals surface area contributed by atoms with Gasteiger partial charge in [-0.15, -0.1) is 0 Å². The lowest BCUT2D eigenvalue weighted by Crippen LogP contribution is -2.33. The Bertz CT molecular complexity index is 1070. The summed E-state index contributed by atoms with van der Waals surface area (Å²) in [7, 11) is -3.65. The fourth-order valence-corrected chi connectivity index (χ4v) is 4.96. The van der Waals surface area contributed by atoms with Gasteiger partial charge >= 0.3 is 0 Å². The molecule has 0 aliphatic carbocycles. The summed E-state index contributed by atoms with van der Waals surface area (Å²) in [6, 6.07) is 12.0. The Balaban J connectivity index is 2.05. The zero-order chi connectivity index (χ0) is 24.1. The lowest BCUT2D eigenvalue weighted by molar-refractivity contribution is -0.115. The van der Waals surface area contributed by atoms with E-state index in [1.165, 1.54) is 10.4 Å². The maximum Gasteiger partial charge on any atom is 0.251 e. The number of nitrogens with zero attached hydrogens (tertiary/aromatic N) is 1. The highest BCUT2D eigenvalue weighted by atomic mass is 32.2. The Labute approximate surface area is 191 Å². The molecule has 2 aromatic rings. The monoisotopic (exact) mass is 459 g/mol. The van der Waals surface area contributed by atoms with Crippen LogP contribution in [0.25, 0.3) is 0 Å². The minimum absolute atomic E-state index is 0.0133. The van der Waals surface area contributed by atoms with E-state index in [-0.39, 0.29) is 22.8 Å². The molecule has 0 aromatic heterocycles. The average molecular weight is 460 g/mol. The Kier molecular flexibility index (Phi) is 8.20. The minimum Gasteiger partial charge on any atom is -0.343 e. The summed E-state index contributed by atoms with van der Waals surface area (Å²) in [5.41, 5.74) is 2.52. The first-order chi connectivity index (χ1) is 14.9. The van der Waals surface area contributed by atoms with Crippen LogP contribution < -0.4 is 10.6 Å². The molecule has 7 nitrogen and oxygen atoms in total. The van der Waals surface area contributed by atoms with Crippen LogP contribution >= 0.6 is 0 Å². The van der Waals surface area contributed by atoms with Gasteiger partial charge < -0.3 is 10.6 Å². The second-order valence-corrected chi connectivity index (χ2v) is 10.5. The summed E-state index contributed by atoms with van der Waals surface area (Å²) in [5.74, 6) is -0.797. The van der Waals surface area contributed by atoms with Gasteiger partial charge in [-0.3, -0.25) is 9.59 Å². The predicted octanol–water partition coefficient (Wildman–Crippen LogP) is 3.69. The molecule has 0 heterocycles. The van der Waals surface area contributed by atoms with Gasteiger partial charge in [0, 0.05) is 24.3 Å². The van der Waals surface area contributed by atoms with Crippen molar-refractivity contribution in [3.63, 3.8) is 0 Å². The molecule has 2 aromatic carbocycles. The zero-order valence-corrected chi connectivity index (χ0v) is 20.5. The van der Waals surface area contributed by atoms with Gasteiger partial charge in [0.15, 0.2) is 0 Å². The molecule has 32 heavy (non-hydrogen) atoms. The van der Waals surface area contributed by atoms with Crippen molar-refractivity contribution in [2.24, 2.45) is 0 Å². The molecule has 0 atom stereocenters. The maximum atomic E-state index is 12.9. The highest BCUT2D eigenvalue weighted by molar-refractivity contribution is 7.89. The standard InChI is InChI=1S/C24H33N3O4S/c1-7-27(8-2)32(30,31)21-15-20(14-9-17(21)3)26-22(28)16-25-23(29)18-10-12-19(13-11-18)24(4,5)6/h9-15H,7-8,16H2,1-6H3,(H,25,29)(H,26,28). The molecule has 2 rings (SSSR count). The third kappa shape index (κ3) is 6.17. The number of nitrogens with one attached hydrogen (secondary N) is 2. The van der Waals surface area contributed by atoms with E-state index in [9.17, 15) is 18.0 Å². The second kappa shape index (κ2) is 10.3. The molecule has 0 aliphatic heterocycles. The first-order valence-electron chi connectivity index (χ1n) is 10.7. The normalized spacial score (nSPS) is 12.0. The summed E-state index contributed by atoms with van der Waals surface area (Å²) >= 11 is 0. The van der Waals surface area contributed by atoms with Crippen LogP contribution in [0, 0.1) is 6.92 Å². The van der Waals surface area contributed by atoms with Gasteiger partial charge in [0.1, 0.15) is 0 Å². The topological polar surface area (TPSA) is 95.6 Å². The van der Waals surface area contributed by atoms with E-state index in [1.54, 1.807) is 45.0 Å². The second-order valence-electron chi connectivity index (χ2n) is 8.63. The fraction of sp³-hybridized carbons (Fsp3) is 0.417. The van der Waals surface area contributed by atoms with Gasteiger partial charge in [0.05, 0.1) is 11.4 Å². The first kappa shape index (κ1) is 25.5. The number of carbonyl (C=O) groups is 2. The van der Waals surface area contributed by atoms with Crippen molar-refractivity contribution >= 4 is 27.5 Å². The molecular formula is C24H33N3O4S. The van der Waals surface area contributed by atoms with Crippen LogP contribution in [0.3, 0.4) is 0 Å². The Hall–Kier alpha value is -2.71. The molecule has 0 saturated heterocycles. The van der Waals surface area contributed by atoms with Crippen LogP contribution in [0.4, 0.5) is 5.69 Å². The molecule has 174 valence electrons. The van der Waals surface area contributed by atoms with Crippen LogP contribution in [0.5, 0.6) is 0 Å². The summed E-state index contributed by atoms with van der Waals surface area (Å²) in [6.07, 6.45) is 0. The maximum absolute atomic E-state index is 12.9. The van der Waals surface area contributed by atoms with Gasteiger partial charge in [-0.05, 0) is 47.7 Å². The van der Waals surface area contributed by atoms with Crippen LogP contribution in [-0.4, -0.2) is 44.2 Å². The Morgan fingerprint density at radius 3 is 2.09 bits per heavy atom. The van der Waals surface area contributed by atoms with E-state index in [2.05, 4.69) is 31.4 Å². The van der Waals surface area contributed by atoms with Crippen molar-refractivity contribution in [3.8, 4) is 0 Å². The molecule has 0 saturated carbocycles. The molecule has 0 radical (unpaired) electrons. The zero-order valence-electron chi connectivity index (χ0n) is 19.7. The van der Waals surface area contributed by atoms with Crippen molar-refractivity contribution in [1.82, 2.24) is 9.62 Å². The summed E-state index contributed by atoms with van der Waals surface area (Å²) in [4.78, 5) is 24.9. The number of benzene rings is 2. The van der Waals surface area contributed by atoms with Crippen molar-refractivity contribution in [2.75, 3.05) is 25.0 Å². The molecule has 0 bridgehead atoms. The Morgan fingerprint density at radius 2 is 1.56 bits per heavy atom. The number of aryl methyl sites for hydroxylation is 1. The molecule has 0 aliphatic rings. The van der Waals surface area contributed by atoms with E-state index in [1.807, 2.05) is 12.1 Å². The molecule has 2 N–H and O–H groups in total. The number of sulfonamides is 1. The molecule has 0 unspecified atom stereocenters. The van der Waals surface area contributed by atoms with Gasteiger partial charge in [-0.25, -0.2) is 8.42 Å². The highest BCUT2D eigenvalue weighted by Crippen LogP contribution is 2.24. The summed E-state index contributed by atoms with van der Waals surface area (Å²) < 4.78 is 27.1. The van der Waals surface area contributed by atoms with Gasteiger partial charge in [0.2, 0.25) is 15.9 Å². The van der Waals surface area contributed by atoms with Crippen molar-refractivity contribution in [1.29, 1.82) is 0 Å². The van der Waals surface area contributed by atoms with E-state index < -0.39 is 15.9 Å². The third-order valence-corrected chi connectivity index (χ3v) is 7.41. The van der Waals surface area contributed by atoms with E-state index in [0.29, 0.717) is 29.9 Å². The van der Waals surface area contributed by atoms with E-state index in [4.69, 9.17) is 0 Å².